The van der Waals surface area contributed by atoms with Crippen molar-refractivity contribution >= 4 is 33.5 Å². The summed E-state index contributed by atoms with van der Waals surface area (Å²) in [5, 5.41) is 8.12. The zero-order valence-corrected chi connectivity index (χ0v) is 17.4. The molecule has 154 valence electrons. The van der Waals surface area contributed by atoms with Crippen LogP contribution in [0, 0.1) is 18.6 Å². The fourth-order valence-corrected chi connectivity index (χ4v) is 5.08. The summed E-state index contributed by atoms with van der Waals surface area (Å²) in [6.45, 7) is 4.43. The van der Waals surface area contributed by atoms with Crippen LogP contribution in [-0.2, 0) is 6.42 Å². The quantitative estimate of drug-likeness (QED) is 0.609. The molecule has 0 spiro atoms. The molecule has 0 saturated carbocycles. The molecule has 1 aromatic heterocycles. The van der Waals surface area contributed by atoms with Gasteiger partial charge in [-0.2, -0.15) is 0 Å². The van der Waals surface area contributed by atoms with Gasteiger partial charge in [0, 0.05) is 36.6 Å². The van der Waals surface area contributed by atoms with Crippen molar-refractivity contribution in [1.82, 2.24) is 10.2 Å². The van der Waals surface area contributed by atoms with E-state index in [1.54, 1.807) is 11.3 Å². The predicted octanol–water partition coefficient (Wildman–Crippen LogP) is 4.99. The number of rotatable bonds is 2. The van der Waals surface area contributed by atoms with Crippen molar-refractivity contribution in [3.63, 3.8) is 0 Å². The molecule has 3 heterocycles. The number of nitrogens with zero attached hydrogens (tertiary/aromatic N) is 2. The molecule has 7 heteroatoms. The third-order valence-corrected chi connectivity index (χ3v) is 6.40. The zero-order valence-electron chi connectivity index (χ0n) is 16.6. The van der Waals surface area contributed by atoms with E-state index in [0.29, 0.717) is 18.5 Å². The Kier molecular flexibility index (Phi) is 5.00. The van der Waals surface area contributed by atoms with Crippen LogP contribution in [0.2, 0.25) is 0 Å². The van der Waals surface area contributed by atoms with Crippen molar-refractivity contribution in [2.24, 2.45) is 4.99 Å². The normalized spacial score (nSPS) is 18.2. The molecule has 2 aromatic carbocycles. The molecule has 1 atom stereocenters. The van der Waals surface area contributed by atoms with Gasteiger partial charge in [0.05, 0.1) is 16.9 Å². The van der Waals surface area contributed by atoms with Crippen LogP contribution in [0.4, 0.5) is 25.2 Å². The van der Waals surface area contributed by atoms with E-state index in [2.05, 4.69) is 28.5 Å². The minimum Gasteiger partial charge on any atom is -0.353 e. The molecular weight excluding hydrogens is 402 g/mol. The molecule has 0 bridgehead atoms. The molecule has 5 rings (SSSR count). The van der Waals surface area contributed by atoms with Crippen LogP contribution in [0.5, 0.6) is 0 Å². The molecule has 0 radical (unpaired) electrons. The van der Waals surface area contributed by atoms with Crippen molar-refractivity contribution in [3.05, 3.63) is 76.2 Å². The second-order valence-corrected chi connectivity index (χ2v) is 9.01. The zero-order chi connectivity index (χ0) is 20.7. The maximum absolute atomic E-state index is 13.6. The highest BCUT2D eigenvalue weighted by Gasteiger charge is 2.27. The van der Waals surface area contributed by atoms with Gasteiger partial charge in [0.15, 0.2) is 0 Å². The summed E-state index contributed by atoms with van der Waals surface area (Å²) in [6.07, 6.45) is 0.558. The number of fused-ring (bicyclic) bond motifs is 2. The van der Waals surface area contributed by atoms with E-state index in [9.17, 15) is 8.78 Å². The average Bonchev–Trinajstić information content (AvgIpc) is 2.99. The van der Waals surface area contributed by atoms with Gasteiger partial charge >= 0.3 is 0 Å². The monoisotopic (exact) mass is 424 g/mol. The van der Waals surface area contributed by atoms with E-state index >= 15 is 0 Å². The molecule has 3 aromatic rings. The first-order chi connectivity index (χ1) is 14.5. The highest BCUT2D eigenvalue weighted by atomic mass is 32.1. The van der Waals surface area contributed by atoms with Gasteiger partial charge in [0.2, 0.25) is 0 Å². The minimum absolute atomic E-state index is 0.0808. The van der Waals surface area contributed by atoms with Crippen molar-refractivity contribution in [2.75, 3.05) is 25.0 Å². The number of halogens is 2. The average molecular weight is 425 g/mol. The number of benzene rings is 2. The first kappa shape index (κ1) is 19.2. The Balaban J connectivity index is 1.45. The van der Waals surface area contributed by atoms with Crippen LogP contribution in [0.3, 0.4) is 0 Å². The van der Waals surface area contributed by atoms with E-state index < -0.39 is 11.6 Å². The summed E-state index contributed by atoms with van der Waals surface area (Å²) in [7, 11) is 0. The maximum Gasteiger partial charge on any atom is 0.139 e. The fourth-order valence-electron chi connectivity index (χ4n) is 4.16. The lowest BCUT2D eigenvalue weighted by Crippen LogP contribution is -2.53. The molecule has 30 heavy (non-hydrogen) atoms. The molecule has 1 fully saturated rings. The number of aryl methyl sites for hydroxylation is 1. The fraction of sp³-hybridized carbons (Fsp3) is 0.261. The van der Waals surface area contributed by atoms with Gasteiger partial charge in [0.1, 0.15) is 22.5 Å². The molecule has 0 amide bonds. The van der Waals surface area contributed by atoms with Crippen molar-refractivity contribution < 1.29 is 8.78 Å². The second-order valence-electron chi connectivity index (χ2n) is 7.76. The van der Waals surface area contributed by atoms with Gasteiger partial charge in [-0.1, -0.05) is 12.1 Å². The summed E-state index contributed by atoms with van der Waals surface area (Å²) < 4.78 is 27.2. The summed E-state index contributed by atoms with van der Waals surface area (Å²) in [6, 6.07) is 14.0. The number of hydrogen-bond donors (Lipinski definition) is 2. The Bertz CT molecular complexity index is 1100. The second kappa shape index (κ2) is 7.81. The number of thiophene rings is 1. The third-order valence-electron chi connectivity index (χ3n) is 5.43. The number of nitrogens with one attached hydrogen (secondary N) is 2. The predicted molar refractivity (Wildman–Crippen MR) is 118 cm³/mol. The summed E-state index contributed by atoms with van der Waals surface area (Å²) in [4.78, 5) is 8.53. The van der Waals surface area contributed by atoms with E-state index in [-0.39, 0.29) is 6.04 Å². The van der Waals surface area contributed by atoms with Crippen LogP contribution < -0.4 is 10.6 Å². The molecule has 4 nitrogen and oxygen atoms in total. The van der Waals surface area contributed by atoms with E-state index in [1.165, 1.54) is 17.0 Å². The van der Waals surface area contributed by atoms with Gasteiger partial charge in [-0.05, 0) is 49.2 Å². The molecule has 2 N–H and O–H groups in total. The number of para-hydroxylation sites is 2. The molecule has 1 saturated heterocycles. The number of amidine groups is 1. The first-order valence-corrected chi connectivity index (χ1v) is 10.9. The number of anilines is 2. The Morgan fingerprint density at radius 3 is 2.77 bits per heavy atom. The van der Waals surface area contributed by atoms with Gasteiger partial charge in [-0.25, -0.2) is 13.8 Å². The SMILES string of the molecule is Cc1cc2c(s1)Nc1ccccc1N=C2N1CCNC(Cc2cc(F)cc(F)c2)C1. The lowest BCUT2D eigenvalue weighted by Gasteiger charge is -2.36. The maximum atomic E-state index is 13.6. The van der Waals surface area contributed by atoms with Crippen LogP contribution >= 0.6 is 11.3 Å². The van der Waals surface area contributed by atoms with Gasteiger partial charge in [-0.15, -0.1) is 11.3 Å². The third kappa shape index (κ3) is 3.82. The smallest absolute Gasteiger partial charge is 0.139 e. The van der Waals surface area contributed by atoms with E-state index in [1.807, 2.05) is 24.3 Å². The largest absolute Gasteiger partial charge is 0.353 e. The number of hydrogen-bond acceptors (Lipinski definition) is 5. The molecule has 2 aliphatic rings. The van der Waals surface area contributed by atoms with E-state index in [4.69, 9.17) is 4.99 Å². The Morgan fingerprint density at radius 2 is 1.93 bits per heavy atom. The highest BCUT2D eigenvalue weighted by Crippen LogP contribution is 2.39. The van der Waals surface area contributed by atoms with Crippen LogP contribution in [0.25, 0.3) is 0 Å². The van der Waals surface area contributed by atoms with Crippen LogP contribution in [0.15, 0.2) is 53.5 Å². The number of piperazine rings is 1. The Morgan fingerprint density at radius 1 is 1.13 bits per heavy atom. The Hall–Kier alpha value is -2.77. The summed E-state index contributed by atoms with van der Waals surface area (Å²) >= 11 is 1.72. The summed E-state index contributed by atoms with van der Waals surface area (Å²) in [5.41, 5.74) is 3.67. The van der Waals surface area contributed by atoms with E-state index in [0.717, 1.165) is 46.9 Å². The van der Waals surface area contributed by atoms with Gasteiger partial charge in [0.25, 0.3) is 0 Å². The number of aliphatic imine (C=N–C) groups is 1. The minimum atomic E-state index is -0.535. The summed E-state index contributed by atoms with van der Waals surface area (Å²) in [5.74, 6) is -0.123. The van der Waals surface area contributed by atoms with Gasteiger partial charge < -0.3 is 15.5 Å². The topological polar surface area (TPSA) is 39.7 Å². The van der Waals surface area contributed by atoms with Crippen molar-refractivity contribution in [3.8, 4) is 0 Å². The van der Waals surface area contributed by atoms with Crippen molar-refractivity contribution in [2.45, 2.75) is 19.4 Å². The lowest BCUT2D eigenvalue weighted by atomic mass is 10.0. The first-order valence-electron chi connectivity index (χ1n) is 10.0. The van der Waals surface area contributed by atoms with Crippen molar-refractivity contribution in [1.29, 1.82) is 0 Å². The molecular formula is C23H22F2N4S. The molecule has 0 aliphatic carbocycles. The standard InChI is InChI=1S/C23H22F2N4S/c1-14-8-19-22(27-20-4-2-3-5-21(20)28-23(19)30-14)29-7-6-26-18(13-29)11-15-9-16(24)12-17(25)10-15/h2-5,8-10,12,18,26,28H,6-7,11,13H2,1H3. The van der Waals surface area contributed by atoms with Crippen LogP contribution in [0.1, 0.15) is 16.0 Å². The Labute approximate surface area is 178 Å². The lowest BCUT2D eigenvalue weighted by molar-refractivity contribution is 0.290. The molecule has 1 unspecified atom stereocenters. The van der Waals surface area contributed by atoms with Gasteiger partial charge in [-0.3, -0.25) is 0 Å². The molecule has 2 aliphatic heterocycles. The van der Waals surface area contributed by atoms with Crippen LogP contribution in [-0.4, -0.2) is 36.4 Å². The highest BCUT2D eigenvalue weighted by molar-refractivity contribution is 7.16.